The van der Waals surface area contributed by atoms with Crippen LogP contribution in [0.4, 0.5) is 10.5 Å². The van der Waals surface area contributed by atoms with E-state index in [2.05, 4.69) is 10.6 Å². The van der Waals surface area contributed by atoms with E-state index in [-0.39, 0.29) is 30.3 Å². The van der Waals surface area contributed by atoms with Crippen molar-refractivity contribution in [2.24, 2.45) is 0 Å². The number of likely N-dealkylation sites (N-methyl/N-ethyl adjacent to an activating group) is 1. The SMILES string of the molecule is C[C@H](c1ccccc1)N(CC(=O)Nc1ccc2c(c1)C[C@@]1(C2)C(=O)NC(=O)N1C)C(=O)C1(c2ccccc2)CCCCC1. The highest BCUT2D eigenvalue weighted by Gasteiger charge is 2.54. The van der Waals surface area contributed by atoms with Crippen molar-refractivity contribution in [3.8, 4) is 0 Å². The zero-order valence-electron chi connectivity index (χ0n) is 24.8. The molecule has 2 N–H and O–H groups in total. The molecule has 8 heteroatoms. The zero-order valence-corrected chi connectivity index (χ0v) is 24.8. The average molecular weight is 579 g/mol. The van der Waals surface area contributed by atoms with Gasteiger partial charge in [0.15, 0.2) is 0 Å². The molecule has 0 bridgehead atoms. The first-order valence-corrected chi connectivity index (χ1v) is 15.2. The lowest BCUT2D eigenvalue weighted by Gasteiger charge is -2.42. The average Bonchev–Trinajstić information content (AvgIpc) is 3.52. The molecular weight excluding hydrogens is 540 g/mol. The summed E-state index contributed by atoms with van der Waals surface area (Å²) in [6.07, 6.45) is 5.37. The third kappa shape index (κ3) is 5.09. The maximum atomic E-state index is 14.7. The molecule has 1 saturated heterocycles. The maximum Gasteiger partial charge on any atom is 0.324 e. The second-order valence-corrected chi connectivity index (χ2v) is 12.3. The Kier molecular flexibility index (Phi) is 7.54. The van der Waals surface area contributed by atoms with Crippen molar-refractivity contribution in [3.05, 3.63) is 101 Å². The van der Waals surface area contributed by atoms with Gasteiger partial charge in [0.05, 0.1) is 11.5 Å². The zero-order chi connectivity index (χ0) is 30.2. The monoisotopic (exact) mass is 578 g/mol. The normalized spacial score (nSPS) is 21.3. The second kappa shape index (κ2) is 11.3. The molecule has 0 radical (unpaired) electrons. The number of hydrogen-bond donors (Lipinski definition) is 2. The molecule has 6 rings (SSSR count). The fraction of sp³-hybridized carbons (Fsp3) is 0.371. The molecule has 3 aromatic rings. The molecule has 1 heterocycles. The third-order valence-electron chi connectivity index (χ3n) is 9.81. The summed E-state index contributed by atoms with van der Waals surface area (Å²) in [6, 6.07) is 24.8. The van der Waals surface area contributed by atoms with Crippen LogP contribution >= 0.6 is 0 Å². The summed E-state index contributed by atoms with van der Waals surface area (Å²) in [5.74, 6) is -0.588. The predicted molar refractivity (Wildman–Crippen MR) is 164 cm³/mol. The summed E-state index contributed by atoms with van der Waals surface area (Å²) in [6.45, 7) is 1.89. The molecule has 8 nitrogen and oxygen atoms in total. The smallest absolute Gasteiger partial charge is 0.324 e. The molecule has 43 heavy (non-hydrogen) atoms. The molecule has 3 aliphatic rings. The summed E-state index contributed by atoms with van der Waals surface area (Å²) < 4.78 is 0. The van der Waals surface area contributed by atoms with Crippen molar-refractivity contribution in [3.63, 3.8) is 0 Å². The fourth-order valence-corrected chi connectivity index (χ4v) is 7.24. The van der Waals surface area contributed by atoms with Crippen LogP contribution in [0.2, 0.25) is 0 Å². The molecule has 3 aromatic carbocycles. The number of carbonyl (C=O) groups is 4. The lowest BCUT2D eigenvalue weighted by molar-refractivity contribution is -0.143. The van der Waals surface area contributed by atoms with Crippen LogP contribution in [0.25, 0.3) is 0 Å². The number of carbonyl (C=O) groups excluding carboxylic acids is 4. The number of hydrogen-bond acceptors (Lipinski definition) is 4. The van der Waals surface area contributed by atoms with Crippen LogP contribution in [-0.2, 0) is 32.6 Å². The van der Waals surface area contributed by atoms with Crippen LogP contribution in [0.15, 0.2) is 78.9 Å². The minimum atomic E-state index is -0.928. The number of nitrogens with zero attached hydrogens (tertiary/aromatic N) is 2. The molecular formula is C35H38N4O4. The highest BCUT2D eigenvalue weighted by atomic mass is 16.2. The van der Waals surface area contributed by atoms with Gasteiger partial charge in [0.25, 0.3) is 5.91 Å². The van der Waals surface area contributed by atoms with Gasteiger partial charge >= 0.3 is 6.03 Å². The number of urea groups is 1. The Labute approximate surface area is 252 Å². The minimum Gasteiger partial charge on any atom is -0.326 e. The summed E-state index contributed by atoms with van der Waals surface area (Å²) in [4.78, 5) is 56.4. The van der Waals surface area contributed by atoms with Crippen LogP contribution in [0.1, 0.15) is 67.3 Å². The maximum absolute atomic E-state index is 14.7. The van der Waals surface area contributed by atoms with Gasteiger partial charge in [-0.15, -0.1) is 0 Å². The molecule has 1 spiro atoms. The van der Waals surface area contributed by atoms with Gasteiger partial charge in [-0.05, 0) is 54.2 Å². The van der Waals surface area contributed by atoms with Gasteiger partial charge in [0, 0.05) is 25.6 Å². The van der Waals surface area contributed by atoms with Crippen molar-refractivity contribution >= 4 is 29.4 Å². The Morgan fingerprint density at radius 1 is 0.907 bits per heavy atom. The Balaban J connectivity index is 1.26. The van der Waals surface area contributed by atoms with E-state index in [1.807, 2.05) is 85.8 Å². The van der Waals surface area contributed by atoms with E-state index in [1.54, 1.807) is 11.9 Å². The summed E-state index contributed by atoms with van der Waals surface area (Å²) in [7, 11) is 1.64. The van der Waals surface area contributed by atoms with Gasteiger partial charge in [-0.3, -0.25) is 19.7 Å². The molecule has 222 valence electrons. The second-order valence-electron chi connectivity index (χ2n) is 12.3. The molecule has 2 aliphatic carbocycles. The number of nitrogens with one attached hydrogen (secondary N) is 2. The Morgan fingerprint density at radius 3 is 2.21 bits per heavy atom. The minimum absolute atomic E-state index is 0.0132. The Morgan fingerprint density at radius 2 is 1.56 bits per heavy atom. The van der Waals surface area contributed by atoms with Crippen molar-refractivity contribution in [1.29, 1.82) is 0 Å². The van der Waals surface area contributed by atoms with Gasteiger partial charge in [-0.25, -0.2) is 4.79 Å². The highest BCUT2D eigenvalue weighted by molar-refractivity contribution is 6.07. The van der Waals surface area contributed by atoms with E-state index in [0.29, 0.717) is 18.5 Å². The highest BCUT2D eigenvalue weighted by Crippen LogP contribution is 2.43. The van der Waals surface area contributed by atoms with E-state index in [4.69, 9.17) is 0 Å². The lowest BCUT2D eigenvalue weighted by atomic mass is 9.68. The fourth-order valence-electron chi connectivity index (χ4n) is 7.24. The first-order chi connectivity index (χ1) is 20.7. The predicted octanol–water partition coefficient (Wildman–Crippen LogP) is 5.14. The molecule has 0 unspecified atom stereocenters. The van der Waals surface area contributed by atoms with Gasteiger partial charge in [0.1, 0.15) is 12.1 Å². The van der Waals surface area contributed by atoms with E-state index in [1.165, 1.54) is 4.90 Å². The van der Waals surface area contributed by atoms with Gasteiger partial charge in [0.2, 0.25) is 11.8 Å². The van der Waals surface area contributed by atoms with Gasteiger partial charge in [-0.2, -0.15) is 0 Å². The summed E-state index contributed by atoms with van der Waals surface area (Å²) in [5.41, 5.74) is 2.88. The number of anilines is 1. The molecule has 5 amide bonds. The van der Waals surface area contributed by atoms with Crippen LogP contribution in [0.5, 0.6) is 0 Å². The standard InChI is InChI=1S/C35H38N4O4/c1-24(25-12-6-3-7-13-25)39(32(42)34(18-10-5-11-19-34)28-14-8-4-9-15-28)23-30(40)36-29-17-16-26-21-35(22-27(26)20-29)31(41)37-33(43)38(35)2/h3-4,6-9,12-17,20,24H,5,10-11,18-19,21-23H2,1-2H3,(H,36,40)(H,37,41,43)/t24-,35+/m1/s1. The first-order valence-electron chi connectivity index (χ1n) is 15.2. The van der Waals surface area contributed by atoms with Gasteiger partial charge in [-0.1, -0.05) is 86.0 Å². The summed E-state index contributed by atoms with van der Waals surface area (Å²) >= 11 is 0. The number of fused-ring (bicyclic) bond motifs is 1. The van der Waals surface area contributed by atoms with E-state index >= 15 is 0 Å². The largest absolute Gasteiger partial charge is 0.326 e. The van der Waals surface area contributed by atoms with Crippen molar-refractivity contribution < 1.29 is 19.2 Å². The lowest BCUT2D eigenvalue weighted by Crippen LogP contribution is -2.51. The molecule has 1 aliphatic heterocycles. The molecule has 2 atom stereocenters. The van der Waals surface area contributed by atoms with Crippen LogP contribution in [-0.4, -0.2) is 52.7 Å². The van der Waals surface area contributed by atoms with Crippen LogP contribution in [0, 0.1) is 0 Å². The number of rotatable bonds is 7. The van der Waals surface area contributed by atoms with Crippen molar-refractivity contribution in [2.75, 3.05) is 18.9 Å². The van der Waals surface area contributed by atoms with Crippen molar-refractivity contribution in [2.45, 2.75) is 68.9 Å². The summed E-state index contributed by atoms with van der Waals surface area (Å²) in [5, 5.41) is 5.43. The first kappa shape index (κ1) is 28.6. The van der Waals surface area contributed by atoms with Crippen LogP contribution in [0.3, 0.4) is 0 Å². The number of imide groups is 1. The van der Waals surface area contributed by atoms with E-state index in [0.717, 1.165) is 54.4 Å². The topological polar surface area (TPSA) is 98.8 Å². The van der Waals surface area contributed by atoms with Crippen LogP contribution < -0.4 is 10.6 Å². The van der Waals surface area contributed by atoms with Gasteiger partial charge < -0.3 is 15.1 Å². The molecule has 1 saturated carbocycles. The number of benzene rings is 3. The van der Waals surface area contributed by atoms with E-state index in [9.17, 15) is 19.2 Å². The Bertz CT molecular complexity index is 1550. The Hall–Kier alpha value is -4.46. The molecule has 2 fully saturated rings. The number of amides is 5. The molecule has 0 aromatic heterocycles. The van der Waals surface area contributed by atoms with E-state index < -0.39 is 17.0 Å². The van der Waals surface area contributed by atoms with Crippen molar-refractivity contribution in [1.82, 2.24) is 15.1 Å². The third-order valence-corrected chi connectivity index (χ3v) is 9.81. The quantitative estimate of drug-likeness (QED) is 0.380.